The minimum Gasteiger partial charge on any atom is -0.468 e. The van der Waals surface area contributed by atoms with Gasteiger partial charge in [-0.25, -0.2) is 4.79 Å². The Morgan fingerprint density at radius 2 is 1.91 bits per heavy atom. The van der Waals surface area contributed by atoms with Gasteiger partial charge >= 0.3 is 6.03 Å². The molecule has 2 heterocycles. The Morgan fingerprint density at radius 1 is 1.13 bits per heavy atom. The highest BCUT2D eigenvalue weighted by molar-refractivity contribution is 6.43. The van der Waals surface area contributed by atoms with Crippen LogP contribution in [0.4, 0.5) is 10.5 Å². The van der Waals surface area contributed by atoms with Gasteiger partial charge in [-0.1, -0.05) is 29.3 Å². The van der Waals surface area contributed by atoms with Gasteiger partial charge in [-0.05, 0) is 24.3 Å². The number of nitrogens with zero attached hydrogens (tertiary/aromatic N) is 2. The molecule has 0 spiro atoms. The van der Waals surface area contributed by atoms with Crippen LogP contribution in [0, 0.1) is 0 Å². The topological polar surface area (TPSA) is 48.7 Å². The zero-order valence-electron chi connectivity index (χ0n) is 12.5. The number of carbonyl (C=O) groups excluding carboxylic acids is 1. The first-order valence-electron chi connectivity index (χ1n) is 7.38. The lowest BCUT2D eigenvalue weighted by Crippen LogP contribution is -2.49. The third-order valence-electron chi connectivity index (χ3n) is 3.81. The van der Waals surface area contributed by atoms with Crippen molar-refractivity contribution in [2.24, 2.45) is 0 Å². The first-order valence-corrected chi connectivity index (χ1v) is 8.14. The third kappa shape index (κ3) is 3.99. The molecule has 7 heteroatoms. The number of hydrogen-bond acceptors (Lipinski definition) is 3. The van der Waals surface area contributed by atoms with Crippen molar-refractivity contribution in [3.63, 3.8) is 0 Å². The van der Waals surface area contributed by atoms with Gasteiger partial charge in [0.1, 0.15) is 5.76 Å². The first kappa shape index (κ1) is 16.2. The average Bonchev–Trinajstić information content (AvgIpc) is 3.05. The van der Waals surface area contributed by atoms with Crippen LogP contribution in [0.1, 0.15) is 5.76 Å². The van der Waals surface area contributed by atoms with E-state index in [2.05, 4.69) is 10.2 Å². The molecule has 2 amide bonds. The van der Waals surface area contributed by atoms with Gasteiger partial charge in [0.2, 0.25) is 0 Å². The average molecular weight is 354 g/mol. The minimum atomic E-state index is -0.160. The molecular weight excluding hydrogens is 337 g/mol. The molecule has 0 saturated carbocycles. The largest absolute Gasteiger partial charge is 0.468 e. The van der Waals surface area contributed by atoms with E-state index in [-0.39, 0.29) is 6.03 Å². The molecule has 1 fully saturated rings. The maximum Gasteiger partial charge on any atom is 0.321 e. The van der Waals surface area contributed by atoms with Crippen molar-refractivity contribution in [1.82, 2.24) is 9.80 Å². The third-order valence-corrected chi connectivity index (χ3v) is 4.63. The van der Waals surface area contributed by atoms with Gasteiger partial charge < -0.3 is 14.6 Å². The molecule has 23 heavy (non-hydrogen) atoms. The Hall–Kier alpha value is -1.69. The zero-order chi connectivity index (χ0) is 16.2. The summed E-state index contributed by atoms with van der Waals surface area (Å²) in [4.78, 5) is 16.4. The van der Waals surface area contributed by atoms with E-state index in [0.717, 1.165) is 25.4 Å². The quantitative estimate of drug-likeness (QED) is 0.909. The molecule has 5 nitrogen and oxygen atoms in total. The van der Waals surface area contributed by atoms with Crippen LogP contribution in [0.3, 0.4) is 0 Å². The second kappa shape index (κ2) is 7.25. The number of urea groups is 1. The normalized spacial score (nSPS) is 15.7. The van der Waals surface area contributed by atoms with Gasteiger partial charge in [-0.2, -0.15) is 0 Å². The van der Waals surface area contributed by atoms with Crippen molar-refractivity contribution in [3.05, 3.63) is 52.4 Å². The number of piperazine rings is 1. The summed E-state index contributed by atoms with van der Waals surface area (Å²) in [6.45, 7) is 3.69. The second-order valence-corrected chi connectivity index (χ2v) is 6.16. The highest BCUT2D eigenvalue weighted by atomic mass is 35.5. The zero-order valence-corrected chi connectivity index (χ0v) is 14.0. The van der Waals surface area contributed by atoms with Crippen LogP contribution in [-0.4, -0.2) is 42.0 Å². The van der Waals surface area contributed by atoms with Gasteiger partial charge in [0.15, 0.2) is 0 Å². The van der Waals surface area contributed by atoms with E-state index in [1.165, 1.54) is 0 Å². The summed E-state index contributed by atoms with van der Waals surface area (Å²) >= 11 is 12.1. The lowest BCUT2D eigenvalue weighted by Gasteiger charge is -2.34. The van der Waals surface area contributed by atoms with Gasteiger partial charge in [-0.3, -0.25) is 4.90 Å². The van der Waals surface area contributed by atoms with Gasteiger partial charge in [0, 0.05) is 26.2 Å². The van der Waals surface area contributed by atoms with Crippen molar-refractivity contribution in [2.45, 2.75) is 6.54 Å². The van der Waals surface area contributed by atoms with E-state index < -0.39 is 0 Å². The van der Waals surface area contributed by atoms with Crippen molar-refractivity contribution in [1.29, 1.82) is 0 Å². The fourth-order valence-electron chi connectivity index (χ4n) is 2.53. The molecular formula is C16H17Cl2N3O2. The highest BCUT2D eigenvalue weighted by Crippen LogP contribution is 2.29. The number of nitrogens with one attached hydrogen (secondary N) is 1. The number of amides is 2. The van der Waals surface area contributed by atoms with Crippen LogP contribution in [0.5, 0.6) is 0 Å². The van der Waals surface area contributed by atoms with Crippen LogP contribution in [0.2, 0.25) is 10.0 Å². The maximum atomic E-state index is 12.3. The molecule has 0 bridgehead atoms. The maximum absolute atomic E-state index is 12.3. The fourth-order valence-corrected chi connectivity index (χ4v) is 2.87. The Labute approximate surface area is 144 Å². The molecule has 1 saturated heterocycles. The lowest BCUT2D eigenvalue weighted by atomic mass is 10.3. The van der Waals surface area contributed by atoms with Crippen LogP contribution in [-0.2, 0) is 6.54 Å². The van der Waals surface area contributed by atoms with Crippen molar-refractivity contribution < 1.29 is 9.21 Å². The van der Waals surface area contributed by atoms with E-state index in [0.29, 0.717) is 28.8 Å². The smallest absolute Gasteiger partial charge is 0.321 e. The summed E-state index contributed by atoms with van der Waals surface area (Å²) in [6, 6.07) is 8.86. The number of carbonyl (C=O) groups is 1. The number of halogens is 2. The Bertz CT molecular complexity index is 668. The summed E-state index contributed by atoms with van der Waals surface area (Å²) in [5.74, 6) is 0.939. The van der Waals surface area contributed by atoms with Crippen LogP contribution >= 0.6 is 23.2 Å². The Kier molecular flexibility index (Phi) is 5.10. The summed E-state index contributed by atoms with van der Waals surface area (Å²) in [5, 5.41) is 3.60. The Morgan fingerprint density at radius 3 is 2.61 bits per heavy atom. The summed E-state index contributed by atoms with van der Waals surface area (Å²) < 4.78 is 5.35. The summed E-state index contributed by atoms with van der Waals surface area (Å²) in [7, 11) is 0. The van der Waals surface area contributed by atoms with Crippen molar-refractivity contribution in [3.8, 4) is 0 Å². The lowest BCUT2D eigenvalue weighted by molar-refractivity contribution is 0.137. The van der Waals surface area contributed by atoms with Crippen LogP contribution in [0.25, 0.3) is 0 Å². The van der Waals surface area contributed by atoms with E-state index >= 15 is 0 Å². The van der Waals surface area contributed by atoms with Crippen LogP contribution < -0.4 is 5.32 Å². The molecule has 1 N–H and O–H groups in total. The minimum absolute atomic E-state index is 0.160. The number of hydrogen-bond donors (Lipinski definition) is 1. The van der Waals surface area contributed by atoms with E-state index in [9.17, 15) is 4.79 Å². The summed E-state index contributed by atoms with van der Waals surface area (Å²) in [5.41, 5.74) is 0.530. The fraction of sp³-hybridized carbons (Fsp3) is 0.312. The predicted molar refractivity (Wildman–Crippen MR) is 91.0 cm³/mol. The number of benzene rings is 1. The molecule has 0 atom stereocenters. The Balaban J connectivity index is 1.53. The van der Waals surface area contributed by atoms with Crippen LogP contribution in [0.15, 0.2) is 41.0 Å². The van der Waals surface area contributed by atoms with Gasteiger partial charge in [0.25, 0.3) is 0 Å². The highest BCUT2D eigenvalue weighted by Gasteiger charge is 2.22. The molecule has 0 radical (unpaired) electrons. The molecule has 2 aromatic rings. The standard InChI is InChI=1S/C16H17Cl2N3O2/c17-13-4-1-5-14(15(13)18)19-16(22)21-8-6-20(7-9-21)11-12-3-2-10-23-12/h1-5,10H,6-9,11H2,(H,19,22). The number of rotatable bonds is 3. The molecule has 122 valence electrons. The molecule has 1 aliphatic heterocycles. The molecule has 1 aromatic heterocycles. The SMILES string of the molecule is O=C(Nc1cccc(Cl)c1Cl)N1CCN(Cc2ccco2)CC1. The van der Waals surface area contributed by atoms with Gasteiger partial charge in [-0.15, -0.1) is 0 Å². The molecule has 3 rings (SSSR count). The number of anilines is 1. The number of furan rings is 1. The van der Waals surface area contributed by atoms with E-state index in [1.54, 1.807) is 29.4 Å². The van der Waals surface area contributed by atoms with Crippen molar-refractivity contribution >= 4 is 34.9 Å². The molecule has 1 aliphatic rings. The molecule has 0 aliphatic carbocycles. The van der Waals surface area contributed by atoms with Crippen molar-refractivity contribution in [2.75, 3.05) is 31.5 Å². The molecule has 1 aromatic carbocycles. The molecule has 0 unspecified atom stereocenters. The summed E-state index contributed by atoms with van der Waals surface area (Å²) in [6.07, 6.45) is 1.67. The van der Waals surface area contributed by atoms with E-state index in [1.807, 2.05) is 12.1 Å². The van der Waals surface area contributed by atoms with Gasteiger partial charge in [0.05, 0.1) is 28.5 Å². The predicted octanol–water partition coefficient (Wildman–Crippen LogP) is 3.94. The monoisotopic (exact) mass is 353 g/mol. The van der Waals surface area contributed by atoms with E-state index in [4.69, 9.17) is 27.6 Å². The first-order chi connectivity index (χ1) is 11.1. The second-order valence-electron chi connectivity index (χ2n) is 5.37.